The summed E-state index contributed by atoms with van der Waals surface area (Å²) in [5.41, 5.74) is 1.52. The lowest BCUT2D eigenvalue weighted by molar-refractivity contribution is 0.713. The van der Waals surface area contributed by atoms with Crippen LogP contribution in [-0.4, -0.2) is 0 Å². The van der Waals surface area contributed by atoms with E-state index in [1.165, 1.54) is 56.9 Å². The first-order chi connectivity index (χ1) is 7.31. The highest BCUT2D eigenvalue weighted by Gasteiger charge is 1.88. The molecule has 0 nitrogen and oxygen atoms in total. The van der Waals surface area contributed by atoms with E-state index in [9.17, 15) is 0 Å². The number of unbranched alkanes of at least 4 members (excludes halogenated alkanes) is 5. The Balaban J connectivity index is 3.46. The third-order valence-corrected chi connectivity index (χ3v) is 2.67. The molecular formula is C15H28. The maximum Gasteiger partial charge on any atom is -0.0320 e. The van der Waals surface area contributed by atoms with Gasteiger partial charge in [-0.1, -0.05) is 63.3 Å². The Labute approximate surface area is 96.5 Å². The fraction of sp³-hybridized carbons (Fsp3) is 0.733. The standard InChI is InChI=1S/C15H28/c1-4-6-8-9-10-12-14-15(3)13-11-7-5-2/h10,12,14H,4-9,11,13H2,1-3H3/b12-10-,15-14+. The fourth-order valence-electron chi connectivity index (χ4n) is 1.58. The molecule has 88 valence electrons. The van der Waals surface area contributed by atoms with Crippen LogP contribution < -0.4 is 0 Å². The van der Waals surface area contributed by atoms with Gasteiger partial charge in [0.15, 0.2) is 0 Å². The van der Waals surface area contributed by atoms with Crippen LogP contribution in [0.5, 0.6) is 0 Å². The van der Waals surface area contributed by atoms with E-state index < -0.39 is 0 Å². The van der Waals surface area contributed by atoms with E-state index in [0.717, 1.165) is 0 Å². The first-order valence-electron chi connectivity index (χ1n) is 6.63. The van der Waals surface area contributed by atoms with Gasteiger partial charge >= 0.3 is 0 Å². The van der Waals surface area contributed by atoms with Crippen molar-refractivity contribution < 1.29 is 0 Å². The molecule has 15 heavy (non-hydrogen) atoms. The third-order valence-electron chi connectivity index (χ3n) is 2.67. The summed E-state index contributed by atoms with van der Waals surface area (Å²) in [6.45, 7) is 6.75. The van der Waals surface area contributed by atoms with Crippen molar-refractivity contribution in [2.75, 3.05) is 0 Å². The van der Waals surface area contributed by atoms with Gasteiger partial charge in [0.2, 0.25) is 0 Å². The van der Waals surface area contributed by atoms with E-state index in [1.54, 1.807) is 0 Å². The van der Waals surface area contributed by atoms with E-state index in [4.69, 9.17) is 0 Å². The Morgan fingerprint density at radius 1 is 0.933 bits per heavy atom. The zero-order chi connectivity index (χ0) is 11.4. The Hall–Kier alpha value is -0.520. The van der Waals surface area contributed by atoms with Crippen LogP contribution in [0.3, 0.4) is 0 Å². The van der Waals surface area contributed by atoms with Crippen LogP contribution in [0.1, 0.15) is 72.1 Å². The zero-order valence-electron chi connectivity index (χ0n) is 10.9. The van der Waals surface area contributed by atoms with Crippen molar-refractivity contribution in [3.8, 4) is 0 Å². The van der Waals surface area contributed by atoms with Crippen LogP contribution in [0.4, 0.5) is 0 Å². The van der Waals surface area contributed by atoms with Gasteiger partial charge < -0.3 is 0 Å². The summed E-state index contributed by atoms with van der Waals surface area (Å²) in [4.78, 5) is 0. The SMILES string of the molecule is CCCCC/C=C\C=C(/C)CCCCC. The van der Waals surface area contributed by atoms with Crippen molar-refractivity contribution >= 4 is 0 Å². The Kier molecular flexibility index (Phi) is 11.2. The zero-order valence-corrected chi connectivity index (χ0v) is 10.9. The Morgan fingerprint density at radius 3 is 2.27 bits per heavy atom. The number of hydrogen-bond acceptors (Lipinski definition) is 0. The molecule has 0 radical (unpaired) electrons. The molecular weight excluding hydrogens is 180 g/mol. The maximum absolute atomic E-state index is 2.30. The average molecular weight is 208 g/mol. The molecule has 0 aliphatic heterocycles. The van der Waals surface area contributed by atoms with Gasteiger partial charge in [0.25, 0.3) is 0 Å². The van der Waals surface area contributed by atoms with Gasteiger partial charge in [-0.3, -0.25) is 0 Å². The van der Waals surface area contributed by atoms with E-state index in [1.807, 2.05) is 0 Å². The minimum absolute atomic E-state index is 1.24. The lowest BCUT2D eigenvalue weighted by Gasteiger charge is -1.98. The lowest BCUT2D eigenvalue weighted by atomic mass is 10.1. The van der Waals surface area contributed by atoms with Crippen LogP contribution in [0.2, 0.25) is 0 Å². The predicted octanol–water partition coefficient (Wildman–Crippen LogP) is 5.65. The predicted molar refractivity (Wildman–Crippen MR) is 71.2 cm³/mol. The molecule has 0 amide bonds. The van der Waals surface area contributed by atoms with Gasteiger partial charge in [0.05, 0.1) is 0 Å². The van der Waals surface area contributed by atoms with Gasteiger partial charge in [-0.25, -0.2) is 0 Å². The van der Waals surface area contributed by atoms with E-state index in [-0.39, 0.29) is 0 Å². The largest absolute Gasteiger partial charge is 0.0845 e. The van der Waals surface area contributed by atoms with Crippen LogP contribution in [0.25, 0.3) is 0 Å². The molecule has 0 rings (SSSR count). The van der Waals surface area contributed by atoms with E-state index in [2.05, 4.69) is 39.0 Å². The molecule has 0 aromatic carbocycles. The van der Waals surface area contributed by atoms with Crippen molar-refractivity contribution in [3.63, 3.8) is 0 Å². The second-order valence-corrected chi connectivity index (χ2v) is 4.39. The molecule has 0 bridgehead atoms. The molecule has 0 aliphatic rings. The first kappa shape index (κ1) is 14.5. The van der Waals surface area contributed by atoms with Crippen molar-refractivity contribution in [2.45, 2.75) is 72.1 Å². The number of rotatable bonds is 9. The topological polar surface area (TPSA) is 0 Å². The quantitative estimate of drug-likeness (QED) is 0.339. The van der Waals surface area contributed by atoms with Crippen LogP contribution >= 0.6 is 0 Å². The molecule has 0 fully saturated rings. The summed E-state index contributed by atoms with van der Waals surface area (Å²) < 4.78 is 0. The van der Waals surface area contributed by atoms with E-state index >= 15 is 0 Å². The van der Waals surface area contributed by atoms with Crippen LogP contribution in [0.15, 0.2) is 23.8 Å². The summed E-state index contributed by atoms with van der Waals surface area (Å²) in [7, 11) is 0. The normalized spacial score (nSPS) is 12.6. The molecule has 0 heterocycles. The fourth-order valence-corrected chi connectivity index (χ4v) is 1.58. The average Bonchev–Trinajstić information content (AvgIpc) is 2.23. The van der Waals surface area contributed by atoms with Crippen molar-refractivity contribution in [1.29, 1.82) is 0 Å². The Bertz CT molecular complexity index is 174. The maximum atomic E-state index is 2.30. The van der Waals surface area contributed by atoms with Crippen LogP contribution in [0, 0.1) is 0 Å². The van der Waals surface area contributed by atoms with Gasteiger partial charge in [-0.05, 0) is 32.6 Å². The molecule has 0 saturated carbocycles. The minimum atomic E-state index is 1.24. The molecule has 0 aromatic heterocycles. The summed E-state index contributed by atoms with van der Waals surface area (Å²) in [5, 5.41) is 0. The highest BCUT2D eigenvalue weighted by molar-refractivity contribution is 5.10. The second-order valence-electron chi connectivity index (χ2n) is 4.39. The minimum Gasteiger partial charge on any atom is -0.0845 e. The summed E-state index contributed by atoms with van der Waals surface area (Å²) in [5.74, 6) is 0. The highest BCUT2D eigenvalue weighted by atomic mass is 13.9. The third kappa shape index (κ3) is 11.4. The Morgan fingerprint density at radius 2 is 1.60 bits per heavy atom. The van der Waals surface area contributed by atoms with Crippen molar-refractivity contribution in [1.82, 2.24) is 0 Å². The molecule has 0 N–H and O–H groups in total. The molecule has 0 saturated heterocycles. The molecule has 0 spiro atoms. The van der Waals surface area contributed by atoms with Gasteiger partial charge in [0, 0.05) is 0 Å². The molecule has 0 unspecified atom stereocenters. The molecule has 0 aromatic rings. The monoisotopic (exact) mass is 208 g/mol. The van der Waals surface area contributed by atoms with Crippen molar-refractivity contribution in [2.24, 2.45) is 0 Å². The summed E-state index contributed by atoms with van der Waals surface area (Å²) in [6.07, 6.45) is 17.4. The van der Waals surface area contributed by atoms with E-state index in [0.29, 0.717) is 0 Å². The number of hydrogen-bond donors (Lipinski definition) is 0. The van der Waals surface area contributed by atoms with Crippen molar-refractivity contribution in [3.05, 3.63) is 23.8 Å². The molecule has 0 atom stereocenters. The van der Waals surface area contributed by atoms with Gasteiger partial charge in [-0.15, -0.1) is 0 Å². The number of allylic oxidation sites excluding steroid dienone is 4. The smallest absolute Gasteiger partial charge is 0.0320 e. The van der Waals surface area contributed by atoms with Gasteiger partial charge in [-0.2, -0.15) is 0 Å². The van der Waals surface area contributed by atoms with Crippen LogP contribution in [-0.2, 0) is 0 Å². The molecule has 0 heteroatoms. The summed E-state index contributed by atoms with van der Waals surface area (Å²) in [6, 6.07) is 0. The summed E-state index contributed by atoms with van der Waals surface area (Å²) >= 11 is 0. The highest BCUT2D eigenvalue weighted by Crippen LogP contribution is 2.08. The first-order valence-corrected chi connectivity index (χ1v) is 6.63. The molecule has 0 aliphatic carbocycles. The van der Waals surface area contributed by atoms with Gasteiger partial charge in [0.1, 0.15) is 0 Å². The lowest BCUT2D eigenvalue weighted by Crippen LogP contribution is -1.77. The second kappa shape index (κ2) is 11.6.